The van der Waals surface area contributed by atoms with Crippen LogP contribution in [-0.2, 0) is 20.0 Å². The average molecular weight is 382 g/mol. The summed E-state index contributed by atoms with van der Waals surface area (Å²) in [7, 11) is 1.52. The number of benzene rings is 1. The highest BCUT2D eigenvalue weighted by atomic mass is 79.9. The van der Waals surface area contributed by atoms with Gasteiger partial charge in [-0.15, -0.1) is 0 Å². The van der Waals surface area contributed by atoms with Crippen molar-refractivity contribution in [2.24, 2.45) is 0 Å². The molecule has 0 N–H and O–H groups in total. The summed E-state index contributed by atoms with van der Waals surface area (Å²) in [6.45, 7) is 0. The van der Waals surface area contributed by atoms with Crippen molar-refractivity contribution in [1.29, 1.82) is 0 Å². The molecule has 0 amide bonds. The molecular formula is C9H5BrClF3O4S. The lowest BCUT2D eigenvalue weighted by molar-refractivity contribution is -0.138. The Morgan fingerprint density at radius 3 is 2.26 bits per heavy atom. The first-order valence-electron chi connectivity index (χ1n) is 4.42. The van der Waals surface area contributed by atoms with Crippen LogP contribution in [0, 0.1) is 0 Å². The van der Waals surface area contributed by atoms with Gasteiger partial charge in [0, 0.05) is 15.2 Å². The number of carbonyl (C=O) groups is 1. The molecular weight excluding hydrogens is 377 g/mol. The number of alkyl halides is 3. The number of halogens is 5. The van der Waals surface area contributed by atoms with E-state index in [1.807, 2.05) is 0 Å². The summed E-state index contributed by atoms with van der Waals surface area (Å²) >= 11 is 2.74. The van der Waals surface area contributed by atoms with Crippen LogP contribution in [0.2, 0.25) is 0 Å². The third-order valence-electron chi connectivity index (χ3n) is 2.05. The molecule has 0 unspecified atom stereocenters. The van der Waals surface area contributed by atoms with Gasteiger partial charge < -0.3 is 4.74 Å². The minimum absolute atomic E-state index is 0.268. The normalized spacial score (nSPS) is 12.3. The molecule has 1 rings (SSSR count). The van der Waals surface area contributed by atoms with E-state index >= 15 is 0 Å². The summed E-state index contributed by atoms with van der Waals surface area (Å²) in [5.74, 6) is -1.24. The maximum absolute atomic E-state index is 12.8. The summed E-state index contributed by atoms with van der Waals surface area (Å²) < 4.78 is 64.6. The molecule has 0 spiro atoms. The second-order valence-electron chi connectivity index (χ2n) is 3.26. The van der Waals surface area contributed by atoms with E-state index < -0.39 is 37.2 Å². The fourth-order valence-electron chi connectivity index (χ4n) is 1.25. The van der Waals surface area contributed by atoms with Gasteiger partial charge in [0.05, 0.1) is 23.1 Å². The topological polar surface area (TPSA) is 60.4 Å². The van der Waals surface area contributed by atoms with E-state index in [-0.39, 0.29) is 10.5 Å². The molecule has 1 aromatic carbocycles. The van der Waals surface area contributed by atoms with Gasteiger partial charge in [-0.05, 0) is 28.1 Å². The van der Waals surface area contributed by atoms with Crippen molar-refractivity contribution < 1.29 is 31.1 Å². The molecule has 0 aromatic heterocycles. The van der Waals surface area contributed by atoms with Gasteiger partial charge in [-0.2, -0.15) is 13.2 Å². The lowest BCUT2D eigenvalue weighted by Gasteiger charge is -2.13. The highest BCUT2D eigenvalue weighted by molar-refractivity contribution is 9.10. The van der Waals surface area contributed by atoms with Gasteiger partial charge in [-0.1, -0.05) is 0 Å². The minimum atomic E-state index is -4.93. The van der Waals surface area contributed by atoms with Gasteiger partial charge in [-0.25, -0.2) is 13.2 Å². The zero-order chi connectivity index (χ0) is 15.0. The molecule has 0 fully saturated rings. The van der Waals surface area contributed by atoms with Crippen molar-refractivity contribution in [3.63, 3.8) is 0 Å². The van der Waals surface area contributed by atoms with Crippen molar-refractivity contribution in [3.05, 3.63) is 27.7 Å². The Morgan fingerprint density at radius 1 is 1.37 bits per heavy atom. The van der Waals surface area contributed by atoms with Crippen LogP contribution in [0.25, 0.3) is 0 Å². The number of methoxy groups -OCH3 is 1. The molecule has 0 aliphatic rings. The first-order valence-corrected chi connectivity index (χ1v) is 7.52. The quantitative estimate of drug-likeness (QED) is 0.583. The lowest BCUT2D eigenvalue weighted by atomic mass is 10.1. The van der Waals surface area contributed by atoms with Gasteiger partial charge >= 0.3 is 12.1 Å². The summed E-state index contributed by atoms with van der Waals surface area (Å²) in [6.07, 6.45) is -4.93. The molecule has 19 heavy (non-hydrogen) atoms. The van der Waals surface area contributed by atoms with Crippen LogP contribution in [0.15, 0.2) is 21.5 Å². The average Bonchev–Trinajstić information content (AvgIpc) is 2.24. The van der Waals surface area contributed by atoms with Crippen LogP contribution < -0.4 is 0 Å². The number of esters is 1. The van der Waals surface area contributed by atoms with E-state index in [1.165, 1.54) is 0 Å². The van der Waals surface area contributed by atoms with E-state index in [4.69, 9.17) is 10.7 Å². The molecule has 0 atom stereocenters. The van der Waals surface area contributed by atoms with E-state index in [1.54, 1.807) is 0 Å². The molecule has 0 saturated heterocycles. The highest BCUT2D eigenvalue weighted by Gasteiger charge is 2.37. The van der Waals surface area contributed by atoms with Gasteiger partial charge in [0.15, 0.2) is 0 Å². The predicted octanol–water partition coefficient (Wildman–Crippen LogP) is 3.18. The number of hydrogen-bond donors (Lipinski definition) is 0. The SMILES string of the molecule is COC(=O)c1cc(Br)c(S(=O)(=O)Cl)cc1C(F)(F)F. The van der Waals surface area contributed by atoms with E-state index in [0.717, 1.165) is 7.11 Å². The van der Waals surface area contributed by atoms with Gasteiger partial charge in [0.1, 0.15) is 0 Å². The number of rotatable bonds is 2. The minimum Gasteiger partial charge on any atom is -0.465 e. The third-order valence-corrected chi connectivity index (χ3v) is 4.33. The molecule has 0 aliphatic heterocycles. The van der Waals surface area contributed by atoms with Crippen molar-refractivity contribution in [3.8, 4) is 0 Å². The van der Waals surface area contributed by atoms with E-state index in [2.05, 4.69) is 20.7 Å². The van der Waals surface area contributed by atoms with Crippen LogP contribution >= 0.6 is 26.6 Å². The fourth-order valence-corrected chi connectivity index (χ4v) is 3.45. The van der Waals surface area contributed by atoms with Crippen LogP contribution in [-0.4, -0.2) is 21.5 Å². The van der Waals surface area contributed by atoms with Gasteiger partial charge in [0.2, 0.25) is 0 Å². The standard InChI is InChI=1S/C9H5BrClF3O4S/c1-18-8(15)4-2-6(10)7(19(11,16)17)3-5(4)9(12,13)14/h2-3H,1H3. The maximum atomic E-state index is 12.8. The molecule has 0 aliphatic carbocycles. The molecule has 1 aromatic rings. The van der Waals surface area contributed by atoms with E-state index in [9.17, 15) is 26.4 Å². The Hall–Kier alpha value is -0.800. The van der Waals surface area contributed by atoms with Crippen molar-refractivity contribution in [2.45, 2.75) is 11.1 Å². The smallest absolute Gasteiger partial charge is 0.417 e. The third kappa shape index (κ3) is 3.61. The Balaban J connectivity index is 3.70. The summed E-state index contributed by atoms with van der Waals surface area (Å²) in [4.78, 5) is 10.5. The van der Waals surface area contributed by atoms with Crippen molar-refractivity contribution >= 4 is 41.6 Å². The zero-order valence-electron chi connectivity index (χ0n) is 9.09. The van der Waals surface area contributed by atoms with Gasteiger partial charge in [-0.3, -0.25) is 0 Å². The number of hydrogen-bond acceptors (Lipinski definition) is 4. The van der Waals surface area contributed by atoms with E-state index in [0.29, 0.717) is 6.07 Å². The largest absolute Gasteiger partial charge is 0.465 e. The zero-order valence-corrected chi connectivity index (χ0v) is 12.2. The Bertz CT molecular complexity index is 627. The molecule has 0 heterocycles. The van der Waals surface area contributed by atoms with Gasteiger partial charge in [0.25, 0.3) is 9.05 Å². The summed E-state index contributed by atoms with van der Waals surface area (Å²) in [5, 5.41) is 0. The van der Waals surface area contributed by atoms with Crippen LogP contribution in [0.3, 0.4) is 0 Å². The summed E-state index contributed by atoms with van der Waals surface area (Å²) in [6, 6.07) is 0.975. The lowest BCUT2D eigenvalue weighted by Crippen LogP contribution is -2.15. The number of ether oxygens (including phenoxy) is 1. The summed E-state index contributed by atoms with van der Waals surface area (Å²) in [5.41, 5.74) is -2.26. The fraction of sp³-hybridized carbons (Fsp3) is 0.222. The first kappa shape index (κ1) is 16.3. The Morgan fingerprint density at radius 2 is 1.89 bits per heavy atom. The second-order valence-corrected chi connectivity index (χ2v) is 6.64. The molecule has 10 heteroatoms. The molecule has 0 bridgehead atoms. The van der Waals surface area contributed by atoms with Crippen LogP contribution in [0.1, 0.15) is 15.9 Å². The highest BCUT2D eigenvalue weighted by Crippen LogP contribution is 2.37. The molecule has 4 nitrogen and oxygen atoms in total. The van der Waals surface area contributed by atoms with Crippen molar-refractivity contribution in [1.82, 2.24) is 0 Å². The predicted molar refractivity (Wildman–Crippen MR) is 63.5 cm³/mol. The van der Waals surface area contributed by atoms with Crippen LogP contribution in [0.5, 0.6) is 0 Å². The van der Waals surface area contributed by atoms with Crippen molar-refractivity contribution in [2.75, 3.05) is 7.11 Å². The molecule has 106 valence electrons. The second kappa shape index (κ2) is 5.29. The van der Waals surface area contributed by atoms with Crippen LogP contribution in [0.4, 0.5) is 13.2 Å². The molecule has 0 saturated carbocycles. The Kier molecular flexibility index (Phi) is 4.53. The molecule has 0 radical (unpaired) electrons. The Labute approximate surface area is 119 Å². The monoisotopic (exact) mass is 380 g/mol. The first-order chi connectivity index (χ1) is 8.48. The number of carbonyl (C=O) groups excluding carboxylic acids is 1. The maximum Gasteiger partial charge on any atom is 0.417 e.